The van der Waals surface area contributed by atoms with E-state index in [1.165, 1.54) is 11.6 Å². The summed E-state index contributed by atoms with van der Waals surface area (Å²) in [6, 6.07) is 12.5. The van der Waals surface area contributed by atoms with Crippen molar-refractivity contribution < 1.29 is 45.2 Å². The zero-order valence-corrected chi connectivity index (χ0v) is 26.1. The molecule has 4 heteroatoms. The molecule has 5 rings (SSSR count). The summed E-state index contributed by atoms with van der Waals surface area (Å²) >= 11 is -2.01. The molecule has 0 saturated heterocycles. The molecule has 4 aliphatic carbocycles. The summed E-state index contributed by atoms with van der Waals surface area (Å²) in [7, 11) is 0. The molecular formula is C31H34Cl2SiZr. The Hall–Kier alpha value is -1.18. The minimum atomic E-state index is -2.01. The van der Waals surface area contributed by atoms with Gasteiger partial charge in [-0.05, 0) is 0 Å². The summed E-state index contributed by atoms with van der Waals surface area (Å²) in [4.78, 5) is 0. The quantitative estimate of drug-likeness (QED) is 0.466. The molecule has 0 heterocycles. The molecule has 0 amide bonds. The van der Waals surface area contributed by atoms with Gasteiger partial charge in [0.2, 0.25) is 0 Å². The first-order valence-electron chi connectivity index (χ1n) is 12.3. The maximum absolute atomic E-state index is 2.56. The molecule has 0 saturated carbocycles. The van der Waals surface area contributed by atoms with Crippen LogP contribution in [-0.2, 0) is 26.4 Å². The maximum atomic E-state index is 2.56. The first kappa shape index (κ1) is 28.4. The molecule has 0 aliphatic heterocycles. The third-order valence-corrected chi connectivity index (χ3v) is 24.7. The normalized spacial score (nSPS) is 25.9. The predicted molar refractivity (Wildman–Crippen MR) is 141 cm³/mol. The second kappa shape index (κ2) is 12.4. The molecule has 0 nitrogen and oxygen atoms in total. The summed E-state index contributed by atoms with van der Waals surface area (Å²) < 4.78 is 1.42. The van der Waals surface area contributed by atoms with Gasteiger partial charge in [0.25, 0.3) is 0 Å². The first-order valence-corrected chi connectivity index (χ1v) is 20.8. The number of rotatable bonds is 4. The van der Waals surface area contributed by atoms with Gasteiger partial charge in [0.15, 0.2) is 0 Å². The van der Waals surface area contributed by atoms with Crippen molar-refractivity contribution in [1.82, 2.24) is 0 Å². The molecule has 0 aromatic heterocycles. The van der Waals surface area contributed by atoms with E-state index in [-0.39, 0.29) is 24.8 Å². The first-order chi connectivity index (χ1) is 16.0. The van der Waals surface area contributed by atoms with Crippen molar-refractivity contribution in [1.29, 1.82) is 0 Å². The van der Waals surface area contributed by atoms with Crippen LogP contribution in [0.4, 0.5) is 0 Å². The van der Waals surface area contributed by atoms with Crippen LogP contribution >= 0.6 is 0 Å². The van der Waals surface area contributed by atoms with Gasteiger partial charge < -0.3 is 24.8 Å². The maximum Gasteiger partial charge on any atom is -1.00 e. The van der Waals surface area contributed by atoms with Gasteiger partial charge in [-0.2, -0.15) is 0 Å². The summed E-state index contributed by atoms with van der Waals surface area (Å²) in [5.74, 6) is 1.03. The van der Waals surface area contributed by atoms with Gasteiger partial charge >= 0.3 is 209 Å². The molecule has 0 fully saturated rings. The Balaban J connectivity index is 0.00000171. The Labute approximate surface area is 232 Å². The fraction of sp³-hybridized carbons (Fsp3) is 0.290. The SMILES string of the molecule is CC1=CC2=C(C=CC=CC2C)[CH]1[Zr+2](=[SiH]Cc1ccccc1)[CH]1C(C)=CC2=C1C=CC=CC2C.[Cl-].[Cl-]. The van der Waals surface area contributed by atoms with Crippen molar-refractivity contribution in [3.05, 3.63) is 130 Å². The van der Waals surface area contributed by atoms with Crippen molar-refractivity contribution in [3.63, 3.8) is 0 Å². The Kier molecular flexibility index (Phi) is 10.0. The molecule has 0 radical (unpaired) electrons. The van der Waals surface area contributed by atoms with E-state index in [2.05, 4.69) is 119 Å². The molecular weight excluding hydrogens is 563 g/mol. The minimum Gasteiger partial charge on any atom is -1.00 e. The molecule has 0 bridgehead atoms. The smallest absolute Gasteiger partial charge is 1.00 e. The van der Waals surface area contributed by atoms with E-state index in [0.29, 0.717) is 25.2 Å². The van der Waals surface area contributed by atoms with E-state index < -0.39 is 20.4 Å². The molecule has 180 valence electrons. The second-order valence-electron chi connectivity index (χ2n) is 9.92. The molecule has 1 aromatic carbocycles. The zero-order valence-electron chi connectivity index (χ0n) is 21.0. The summed E-state index contributed by atoms with van der Waals surface area (Å²) in [6.07, 6.45) is 24.3. The van der Waals surface area contributed by atoms with Crippen molar-refractivity contribution in [2.24, 2.45) is 11.8 Å². The standard InChI is InChI=1S/2C12H13.C7H8Si.2ClH.Zr/c2*1-9-7-11-6-4-3-5-10(2)12(11)8-9;8-6-7-4-2-1-3-5-7;;;/h2*3-8,10H,1-2H3;1-5,8H,6H2;2*1H;/q;;;;;+2/p-2. The Morgan fingerprint density at radius 2 is 1.17 bits per heavy atom. The summed E-state index contributed by atoms with van der Waals surface area (Å²) in [5.41, 5.74) is 11.3. The number of allylic oxidation sites excluding steroid dienone is 16. The molecule has 35 heavy (non-hydrogen) atoms. The van der Waals surface area contributed by atoms with Gasteiger partial charge in [-0.1, -0.05) is 0 Å². The Morgan fingerprint density at radius 3 is 1.66 bits per heavy atom. The number of hydrogen-bond donors (Lipinski definition) is 0. The van der Waals surface area contributed by atoms with Crippen LogP contribution in [0.2, 0.25) is 7.25 Å². The van der Waals surface area contributed by atoms with E-state index >= 15 is 0 Å². The fourth-order valence-electron chi connectivity index (χ4n) is 5.95. The van der Waals surface area contributed by atoms with Gasteiger partial charge in [-0.15, -0.1) is 0 Å². The molecule has 0 spiro atoms. The third kappa shape index (κ3) is 5.72. The average Bonchev–Trinajstić information content (AvgIpc) is 3.17. The molecule has 4 aliphatic rings. The van der Waals surface area contributed by atoms with E-state index in [0.717, 1.165) is 0 Å². The van der Waals surface area contributed by atoms with Crippen molar-refractivity contribution in [2.45, 2.75) is 41.0 Å². The molecule has 4 atom stereocenters. The summed E-state index contributed by atoms with van der Waals surface area (Å²) in [6.45, 7) is 9.60. The van der Waals surface area contributed by atoms with E-state index in [4.69, 9.17) is 0 Å². The van der Waals surface area contributed by atoms with Gasteiger partial charge in [-0.25, -0.2) is 0 Å². The van der Waals surface area contributed by atoms with E-state index in [1.54, 1.807) is 33.4 Å². The number of benzene rings is 1. The van der Waals surface area contributed by atoms with Crippen LogP contribution in [0.5, 0.6) is 0 Å². The average molecular weight is 597 g/mol. The van der Waals surface area contributed by atoms with Crippen molar-refractivity contribution in [3.8, 4) is 0 Å². The Morgan fingerprint density at radius 1 is 0.686 bits per heavy atom. The van der Waals surface area contributed by atoms with Gasteiger partial charge in [0, 0.05) is 0 Å². The van der Waals surface area contributed by atoms with Gasteiger partial charge in [0.1, 0.15) is 0 Å². The van der Waals surface area contributed by atoms with Crippen molar-refractivity contribution >= 4 is 6.16 Å². The van der Waals surface area contributed by atoms with Crippen LogP contribution in [0.3, 0.4) is 0 Å². The van der Waals surface area contributed by atoms with E-state index in [1.807, 2.05) is 0 Å². The van der Waals surface area contributed by atoms with Crippen LogP contribution in [0.15, 0.2) is 125 Å². The third-order valence-electron chi connectivity index (χ3n) is 7.60. The van der Waals surface area contributed by atoms with E-state index in [9.17, 15) is 0 Å². The predicted octanol–water partition coefficient (Wildman–Crippen LogP) is 1.78. The monoisotopic (exact) mass is 594 g/mol. The van der Waals surface area contributed by atoms with Gasteiger partial charge in [-0.3, -0.25) is 0 Å². The van der Waals surface area contributed by atoms with Crippen LogP contribution < -0.4 is 24.8 Å². The number of halogens is 2. The molecule has 1 aromatic rings. The van der Waals surface area contributed by atoms with Crippen LogP contribution in [0, 0.1) is 11.8 Å². The minimum absolute atomic E-state index is 0. The Bertz CT molecular complexity index is 1160. The van der Waals surface area contributed by atoms with Gasteiger partial charge in [0.05, 0.1) is 0 Å². The second-order valence-corrected chi connectivity index (χ2v) is 23.0. The van der Waals surface area contributed by atoms with Crippen LogP contribution in [0.25, 0.3) is 0 Å². The topological polar surface area (TPSA) is 0 Å². The largest absolute Gasteiger partial charge is 1.00 e. The molecule has 4 unspecified atom stereocenters. The fourth-order valence-corrected chi connectivity index (χ4v) is 26.2. The summed E-state index contributed by atoms with van der Waals surface area (Å²) in [5, 5.41) is 0. The van der Waals surface area contributed by atoms with Crippen LogP contribution in [0.1, 0.15) is 33.3 Å². The number of hydrogen-bond acceptors (Lipinski definition) is 0. The zero-order chi connectivity index (χ0) is 22.9. The van der Waals surface area contributed by atoms with Crippen molar-refractivity contribution in [2.75, 3.05) is 0 Å². The molecule has 0 N–H and O–H groups in total. The van der Waals surface area contributed by atoms with Crippen LogP contribution in [-0.4, -0.2) is 6.16 Å².